The maximum absolute atomic E-state index is 3.80. The molecular weight excluding hydrogens is 222 g/mol. The summed E-state index contributed by atoms with van der Waals surface area (Å²) >= 11 is 0. The molecule has 1 atom stereocenters. The van der Waals surface area contributed by atoms with Crippen LogP contribution < -0.4 is 5.32 Å². The van der Waals surface area contributed by atoms with Gasteiger partial charge in [0.15, 0.2) is 0 Å². The summed E-state index contributed by atoms with van der Waals surface area (Å²) in [5.74, 6) is 0. The molecule has 3 nitrogen and oxygen atoms in total. The Morgan fingerprint density at radius 2 is 1.89 bits per heavy atom. The summed E-state index contributed by atoms with van der Waals surface area (Å²) in [4.78, 5) is 4.98. The van der Waals surface area contributed by atoms with Crippen molar-refractivity contribution in [1.29, 1.82) is 0 Å². The minimum atomic E-state index is 0.394. The van der Waals surface area contributed by atoms with Crippen LogP contribution in [-0.2, 0) is 0 Å². The molecule has 1 heterocycles. The van der Waals surface area contributed by atoms with E-state index in [1.165, 1.54) is 51.9 Å². The number of rotatable bonds is 6. The van der Waals surface area contributed by atoms with Gasteiger partial charge in [-0.15, -0.1) is 0 Å². The predicted molar refractivity (Wildman–Crippen MR) is 78.0 cm³/mol. The first-order valence-electron chi connectivity index (χ1n) is 7.58. The highest BCUT2D eigenvalue weighted by atomic mass is 15.2. The van der Waals surface area contributed by atoms with E-state index in [2.05, 4.69) is 43.1 Å². The number of piperidine rings is 1. The number of nitrogens with zero attached hydrogens (tertiary/aromatic N) is 2. The molecule has 0 amide bonds. The minimum Gasteiger partial charge on any atom is -0.310 e. The van der Waals surface area contributed by atoms with E-state index in [-0.39, 0.29) is 0 Å². The molecule has 106 valence electrons. The smallest absolute Gasteiger partial charge is 0.0198 e. The Hall–Kier alpha value is -0.120. The van der Waals surface area contributed by atoms with Crippen molar-refractivity contribution in [3.8, 4) is 0 Å². The Labute approximate surface area is 113 Å². The molecule has 0 aromatic heterocycles. The van der Waals surface area contributed by atoms with Gasteiger partial charge in [-0.25, -0.2) is 0 Å². The van der Waals surface area contributed by atoms with Crippen LogP contribution in [0.2, 0.25) is 0 Å². The summed E-state index contributed by atoms with van der Waals surface area (Å²) in [6, 6.07) is 1.60. The zero-order chi connectivity index (χ0) is 13.2. The third kappa shape index (κ3) is 4.87. The molecular formula is C15H31N3. The number of hydrogen-bond donors (Lipinski definition) is 1. The largest absolute Gasteiger partial charge is 0.310 e. The lowest BCUT2D eigenvalue weighted by molar-refractivity contribution is 0.112. The lowest BCUT2D eigenvalue weighted by atomic mass is 9.91. The monoisotopic (exact) mass is 253 g/mol. The van der Waals surface area contributed by atoms with E-state index in [0.717, 1.165) is 12.1 Å². The molecule has 1 aliphatic carbocycles. The van der Waals surface area contributed by atoms with Gasteiger partial charge >= 0.3 is 0 Å². The highest BCUT2D eigenvalue weighted by Gasteiger charge is 2.30. The molecule has 3 heteroatoms. The van der Waals surface area contributed by atoms with E-state index in [9.17, 15) is 0 Å². The predicted octanol–water partition coefficient (Wildman–Crippen LogP) is 1.79. The van der Waals surface area contributed by atoms with E-state index < -0.39 is 0 Å². The van der Waals surface area contributed by atoms with E-state index in [0.29, 0.717) is 5.41 Å². The van der Waals surface area contributed by atoms with Crippen LogP contribution >= 0.6 is 0 Å². The van der Waals surface area contributed by atoms with Gasteiger partial charge in [-0.2, -0.15) is 0 Å². The topological polar surface area (TPSA) is 18.5 Å². The average molecular weight is 253 g/mol. The van der Waals surface area contributed by atoms with E-state index in [4.69, 9.17) is 0 Å². The van der Waals surface area contributed by atoms with Crippen LogP contribution in [0.5, 0.6) is 0 Å². The molecule has 1 unspecified atom stereocenters. The lowest BCUT2D eigenvalue weighted by Crippen LogP contribution is -2.50. The Kier molecular flexibility index (Phi) is 4.68. The van der Waals surface area contributed by atoms with E-state index in [1.54, 1.807) is 0 Å². The molecule has 2 fully saturated rings. The van der Waals surface area contributed by atoms with Crippen molar-refractivity contribution in [1.82, 2.24) is 15.1 Å². The number of likely N-dealkylation sites (tertiary alicyclic amines) is 1. The summed E-state index contributed by atoms with van der Waals surface area (Å²) < 4.78 is 0. The van der Waals surface area contributed by atoms with Crippen molar-refractivity contribution < 1.29 is 0 Å². The van der Waals surface area contributed by atoms with Crippen LogP contribution in [0.3, 0.4) is 0 Å². The minimum absolute atomic E-state index is 0.394. The first-order valence-corrected chi connectivity index (χ1v) is 7.58. The molecule has 1 saturated heterocycles. The van der Waals surface area contributed by atoms with E-state index >= 15 is 0 Å². The Bertz CT molecular complexity index is 258. The summed E-state index contributed by atoms with van der Waals surface area (Å²) in [5, 5.41) is 3.80. The van der Waals surface area contributed by atoms with Crippen LogP contribution in [0.15, 0.2) is 0 Å². The Balaban J connectivity index is 1.77. The highest BCUT2D eigenvalue weighted by molar-refractivity contribution is 4.89. The van der Waals surface area contributed by atoms with Crippen LogP contribution in [0.25, 0.3) is 0 Å². The van der Waals surface area contributed by atoms with Gasteiger partial charge in [-0.3, -0.25) is 0 Å². The molecule has 2 aliphatic rings. The van der Waals surface area contributed by atoms with Crippen LogP contribution in [-0.4, -0.2) is 62.2 Å². The van der Waals surface area contributed by atoms with Crippen molar-refractivity contribution in [2.45, 2.75) is 51.6 Å². The van der Waals surface area contributed by atoms with E-state index in [1.807, 2.05) is 0 Å². The van der Waals surface area contributed by atoms with Crippen molar-refractivity contribution >= 4 is 0 Å². The first kappa shape index (κ1) is 14.3. The third-order valence-corrected chi connectivity index (χ3v) is 3.95. The maximum Gasteiger partial charge on any atom is 0.0198 e. The zero-order valence-electron chi connectivity index (χ0n) is 12.7. The van der Waals surface area contributed by atoms with Crippen molar-refractivity contribution in [2.75, 3.05) is 40.3 Å². The molecule has 0 radical (unpaired) electrons. The van der Waals surface area contributed by atoms with Gasteiger partial charge in [0, 0.05) is 31.7 Å². The molecule has 0 aromatic rings. The quantitative estimate of drug-likeness (QED) is 0.778. The van der Waals surface area contributed by atoms with Crippen molar-refractivity contribution in [3.05, 3.63) is 0 Å². The zero-order valence-corrected chi connectivity index (χ0v) is 12.7. The van der Waals surface area contributed by atoms with Gasteiger partial charge in [0.1, 0.15) is 0 Å². The molecule has 1 N–H and O–H groups in total. The summed E-state index contributed by atoms with van der Waals surface area (Å²) in [5.41, 5.74) is 0.394. The summed E-state index contributed by atoms with van der Waals surface area (Å²) in [6.07, 6.45) is 5.55. The van der Waals surface area contributed by atoms with Crippen molar-refractivity contribution in [3.63, 3.8) is 0 Å². The Morgan fingerprint density at radius 1 is 1.17 bits per heavy atom. The molecule has 18 heavy (non-hydrogen) atoms. The van der Waals surface area contributed by atoms with Gasteiger partial charge in [0.25, 0.3) is 0 Å². The summed E-state index contributed by atoms with van der Waals surface area (Å²) in [6.45, 7) is 9.74. The lowest BCUT2D eigenvalue weighted by Gasteiger charge is -2.39. The van der Waals surface area contributed by atoms with Crippen molar-refractivity contribution in [2.24, 2.45) is 5.41 Å². The van der Waals surface area contributed by atoms with Gasteiger partial charge < -0.3 is 15.1 Å². The molecule has 2 rings (SSSR count). The molecule has 0 aromatic carbocycles. The fraction of sp³-hybridized carbons (Fsp3) is 1.00. The second-order valence-corrected chi connectivity index (χ2v) is 7.42. The maximum atomic E-state index is 3.80. The normalized spacial score (nSPS) is 26.8. The Morgan fingerprint density at radius 3 is 2.50 bits per heavy atom. The fourth-order valence-corrected chi connectivity index (χ4v) is 3.43. The SMILES string of the molecule is CN(C)CC(C)(C)CN1CCCC(NC2CC2)C1. The molecule has 1 aliphatic heterocycles. The van der Waals surface area contributed by atoms with Gasteiger partial charge in [-0.1, -0.05) is 13.8 Å². The van der Waals surface area contributed by atoms with Crippen LogP contribution in [0.4, 0.5) is 0 Å². The van der Waals surface area contributed by atoms with Gasteiger partial charge in [0.2, 0.25) is 0 Å². The van der Waals surface area contributed by atoms with Gasteiger partial charge in [-0.05, 0) is 51.7 Å². The number of nitrogens with one attached hydrogen (secondary N) is 1. The summed E-state index contributed by atoms with van der Waals surface area (Å²) in [7, 11) is 4.35. The molecule has 1 saturated carbocycles. The van der Waals surface area contributed by atoms with Crippen LogP contribution in [0.1, 0.15) is 39.5 Å². The fourth-order valence-electron chi connectivity index (χ4n) is 3.43. The third-order valence-electron chi connectivity index (χ3n) is 3.95. The van der Waals surface area contributed by atoms with Crippen LogP contribution in [0, 0.1) is 5.41 Å². The highest BCUT2D eigenvalue weighted by Crippen LogP contribution is 2.24. The molecule has 0 bridgehead atoms. The second-order valence-electron chi connectivity index (χ2n) is 7.42. The first-order chi connectivity index (χ1) is 8.44. The van der Waals surface area contributed by atoms with Gasteiger partial charge in [0.05, 0.1) is 0 Å². The number of hydrogen-bond acceptors (Lipinski definition) is 3. The standard InChI is InChI=1S/C15H31N3/c1-15(2,11-17(3)4)12-18-9-5-6-14(10-18)16-13-7-8-13/h13-14,16H,5-12H2,1-4H3. The molecule has 0 spiro atoms. The second kappa shape index (κ2) is 5.89. The average Bonchev–Trinajstić information content (AvgIpc) is 2.98.